The van der Waals surface area contributed by atoms with E-state index in [-0.39, 0.29) is 11.6 Å². The second-order valence-corrected chi connectivity index (χ2v) is 3.37. The fourth-order valence-electron chi connectivity index (χ4n) is 1.47. The molecule has 0 amide bonds. The van der Waals surface area contributed by atoms with Gasteiger partial charge in [-0.2, -0.15) is 0 Å². The SMILES string of the molecule is COc1ccc(-c2cnc(=O)[nH]c2N)cc1F. The molecule has 0 bridgehead atoms. The number of anilines is 1. The van der Waals surface area contributed by atoms with Gasteiger partial charge in [-0.25, -0.2) is 14.2 Å². The summed E-state index contributed by atoms with van der Waals surface area (Å²) in [4.78, 5) is 16.8. The van der Waals surface area contributed by atoms with E-state index >= 15 is 0 Å². The average Bonchev–Trinajstić information content (AvgIpc) is 2.29. The molecule has 3 N–H and O–H groups in total. The third-order valence-electron chi connectivity index (χ3n) is 2.31. The number of halogens is 1. The van der Waals surface area contributed by atoms with Crippen molar-refractivity contribution in [2.24, 2.45) is 0 Å². The average molecular weight is 235 g/mol. The molecule has 0 unspecified atom stereocenters. The van der Waals surface area contributed by atoms with E-state index < -0.39 is 11.5 Å². The molecule has 1 aromatic heterocycles. The molecule has 0 aliphatic heterocycles. The molecule has 1 heterocycles. The number of aromatic amines is 1. The van der Waals surface area contributed by atoms with Crippen molar-refractivity contribution < 1.29 is 9.13 Å². The van der Waals surface area contributed by atoms with Gasteiger partial charge in [0.25, 0.3) is 0 Å². The second-order valence-electron chi connectivity index (χ2n) is 3.37. The Morgan fingerprint density at radius 1 is 1.47 bits per heavy atom. The van der Waals surface area contributed by atoms with Gasteiger partial charge in [0.05, 0.1) is 7.11 Å². The topological polar surface area (TPSA) is 81.0 Å². The number of hydrogen-bond acceptors (Lipinski definition) is 4. The fraction of sp³-hybridized carbons (Fsp3) is 0.0909. The highest BCUT2D eigenvalue weighted by Crippen LogP contribution is 2.27. The number of methoxy groups -OCH3 is 1. The second kappa shape index (κ2) is 4.25. The molecule has 2 aromatic rings. The molecule has 6 heteroatoms. The van der Waals surface area contributed by atoms with Crippen molar-refractivity contribution in [3.8, 4) is 16.9 Å². The lowest BCUT2D eigenvalue weighted by molar-refractivity contribution is 0.386. The lowest BCUT2D eigenvalue weighted by atomic mass is 10.1. The van der Waals surface area contributed by atoms with E-state index in [1.807, 2.05) is 0 Å². The highest BCUT2D eigenvalue weighted by molar-refractivity contribution is 5.73. The van der Waals surface area contributed by atoms with E-state index in [1.54, 1.807) is 6.07 Å². The van der Waals surface area contributed by atoms with Gasteiger partial charge < -0.3 is 10.5 Å². The summed E-state index contributed by atoms with van der Waals surface area (Å²) in [5.74, 6) is -0.213. The lowest BCUT2D eigenvalue weighted by Crippen LogP contribution is -2.12. The number of ether oxygens (including phenoxy) is 1. The zero-order valence-electron chi connectivity index (χ0n) is 9.03. The number of nitrogens with two attached hydrogens (primary N) is 1. The molecule has 0 spiro atoms. The van der Waals surface area contributed by atoms with Crippen LogP contribution in [0.5, 0.6) is 5.75 Å². The minimum atomic E-state index is -0.541. The van der Waals surface area contributed by atoms with Crippen LogP contribution in [0.4, 0.5) is 10.2 Å². The zero-order chi connectivity index (χ0) is 12.4. The molecule has 17 heavy (non-hydrogen) atoms. The summed E-state index contributed by atoms with van der Waals surface area (Å²) < 4.78 is 18.3. The van der Waals surface area contributed by atoms with Gasteiger partial charge in [0.1, 0.15) is 5.82 Å². The molecular weight excluding hydrogens is 225 g/mol. The summed E-state index contributed by atoms with van der Waals surface area (Å²) >= 11 is 0. The highest BCUT2D eigenvalue weighted by atomic mass is 19.1. The van der Waals surface area contributed by atoms with Crippen LogP contribution in [0.2, 0.25) is 0 Å². The van der Waals surface area contributed by atoms with E-state index in [1.165, 1.54) is 25.4 Å². The standard InChI is InChI=1S/C11H10FN3O2/c1-17-9-3-2-6(4-8(9)12)7-5-14-11(16)15-10(7)13/h2-5H,1H3,(H3,13,14,15,16). The van der Waals surface area contributed by atoms with Crippen molar-refractivity contribution in [2.45, 2.75) is 0 Å². The highest BCUT2D eigenvalue weighted by Gasteiger charge is 2.08. The third kappa shape index (κ3) is 2.10. The fourth-order valence-corrected chi connectivity index (χ4v) is 1.47. The van der Waals surface area contributed by atoms with Gasteiger partial charge in [-0.1, -0.05) is 6.07 Å². The first-order chi connectivity index (χ1) is 8.11. The van der Waals surface area contributed by atoms with Crippen molar-refractivity contribution in [3.05, 3.63) is 40.7 Å². The Bertz CT molecular complexity index is 610. The molecule has 0 saturated heterocycles. The predicted octanol–water partition coefficient (Wildman–Crippen LogP) is 1.17. The first kappa shape index (κ1) is 11.1. The molecule has 1 aromatic carbocycles. The molecule has 88 valence electrons. The Labute approximate surface area is 96.1 Å². The molecule has 0 saturated carbocycles. The smallest absolute Gasteiger partial charge is 0.346 e. The van der Waals surface area contributed by atoms with Crippen LogP contribution in [-0.4, -0.2) is 17.1 Å². The third-order valence-corrected chi connectivity index (χ3v) is 2.31. The Hall–Kier alpha value is -2.37. The van der Waals surface area contributed by atoms with E-state index in [2.05, 4.69) is 9.97 Å². The van der Waals surface area contributed by atoms with Crippen LogP contribution in [0, 0.1) is 5.82 Å². The molecule has 0 aliphatic rings. The summed E-state index contributed by atoms with van der Waals surface area (Å²) in [7, 11) is 1.38. The first-order valence-corrected chi connectivity index (χ1v) is 4.80. The summed E-state index contributed by atoms with van der Waals surface area (Å²) in [6, 6.07) is 4.38. The molecule has 2 rings (SSSR count). The number of hydrogen-bond donors (Lipinski definition) is 2. The minimum Gasteiger partial charge on any atom is -0.494 e. The van der Waals surface area contributed by atoms with Crippen LogP contribution in [0.15, 0.2) is 29.2 Å². The minimum absolute atomic E-state index is 0.143. The number of nitrogen functional groups attached to an aromatic ring is 1. The maximum atomic E-state index is 13.5. The van der Waals surface area contributed by atoms with E-state index in [0.717, 1.165) is 0 Å². The van der Waals surface area contributed by atoms with E-state index in [0.29, 0.717) is 11.1 Å². The Morgan fingerprint density at radius 3 is 2.82 bits per heavy atom. The van der Waals surface area contributed by atoms with Gasteiger partial charge in [-0.05, 0) is 17.7 Å². The van der Waals surface area contributed by atoms with Crippen molar-refractivity contribution in [1.82, 2.24) is 9.97 Å². The first-order valence-electron chi connectivity index (χ1n) is 4.80. The Balaban J connectivity index is 2.53. The molecule has 0 fully saturated rings. The van der Waals surface area contributed by atoms with Crippen LogP contribution in [0.1, 0.15) is 0 Å². The number of nitrogens with one attached hydrogen (secondary N) is 1. The molecule has 0 aliphatic carbocycles. The molecular formula is C11H10FN3O2. The number of benzene rings is 1. The van der Waals surface area contributed by atoms with Crippen molar-refractivity contribution in [2.75, 3.05) is 12.8 Å². The molecule has 0 radical (unpaired) electrons. The van der Waals surface area contributed by atoms with E-state index in [4.69, 9.17) is 10.5 Å². The monoisotopic (exact) mass is 235 g/mol. The van der Waals surface area contributed by atoms with Gasteiger partial charge in [0, 0.05) is 11.8 Å². The van der Waals surface area contributed by atoms with Gasteiger partial charge in [-0.3, -0.25) is 4.98 Å². The Kier molecular flexibility index (Phi) is 2.78. The lowest BCUT2D eigenvalue weighted by Gasteiger charge is -2.06. The number of H-pyrrole nitrogens is 1. The summed E-state index contributed by atoms with van der Waals surface area (Å²) in [5, 5.41) is 0. The van der Waals surface area contributed by atoms with Gasteiger partial charge in [0.15, 0.2) is 11.6 Å². The van der Waals surface area contributed by atoms with Crippen LogP contribution in [-0.2, 0) is 0 Å². The normalized spacial score (nSPS) is 10.2. The predicted molar refractivity (Wildman–Crippen MR) is 61.2 cm³/mol. The van der Waals surface area contributed by atoms with Crippen LogP contribution < -0.4 is 16.2 Å². The van der Waals surface area contributed by atoms with Gasteiger partial charge >= 0.3 is 5.69 Å². The quantitative estimate of drug-likeness (QED) is 0.818. The summed E-state index contributed by atoms with van der Waals surface area (Å²) in [6.07, 6.45) is 1.30. The number of nitrogens with zero attached hydrogens (tertiary/aromatic N) is 1. The largest absolute Gasteiger partial charge is 0.494 e. The molecule has 0 atom stereocenters. The van der Waals surface area contributed by atoms with Crippen LogP contribution >= 0.6 is 0 Å². The summed E-state index contributed by atoms with van der Waals surface area (Å²) in [5.41, 5.74) is 6.07. The van der Waals surface area contributed by atoms with Crippen molar-refractivity contribution in [1.29, 1.82) is 0 Å². The number of aromatic nitrogens is 2. The van der Waals surface area contributed by atoms with Gasteiger partial charge in [-0.15, -0.1) is 0 Å². The Morgan fingerprint density at radius 2 is 2.24 bits per heavy atom. The zero-order valence-corrected chi connectivity index (χ0v) is 9.03. The van der Waals surface area contributed by atoms with Crippen molar-refractivity contribution in [3.63, 3.8) is 0 Å². The van der Waals surface area contributed by atoms with Crippen LogP contribution in [0.25, 0.3) is 11.1 Å². The van der Waals surface area contributed by atoms with Crippen LogP contribution in [0.3, 0.4) is 0 Å². The number of rotatable bonds is 2. The maximum absolute atomic E-state index is 13.5. The van der Waals surface area contributed by atoms with Crippen molar-refractivity contribution >= 4 is 5.82 Å². The van der Waals surface area contributed by atoms with Gasteiger partial charge in [0.2, 0.25) is 0 Å². The maximum Gasteiger partial charge on any atom is 0.346 e. The molecule has 5 nitrogen and oxygen atoms in total. The van der Waals surface area contributed by atoms with E-state index in [9.17, 15) is 9.18 Å². The summed E-state index contributed by atoms with van der Waals surface area (Å²) in [6.45, 7) is 0.